The minimum Gasteiger partial charge on any atom is -0.312 e. The van der Waals surface area contributed by atoms with Gasteiger partial charge in [-0.25, -0.2) is 4.98 Å². The SMILES string of the molecule is CC1(C)[C@@H](I)CSc2nc3ccccc3n21. The van der Waals surface area contributed by atoms with E-state index in [4.69, 9.17) is 4.98 Å². The van der Waals surface area contributed by atoms with E-state index in [1.807, 2.05) is 11.8 Å². The summed E-state index contributed by atoms with van der Waals surface area (Å²) in [6.07, 6.45) is 0. The van der Waals surface area contributed by atoms with Crippen molar-refractivity contribution < 1.29 is 0 Å². The minimum absolute atomic E-state index is 0.150. The fraction of sp³-hybridized carbons (Fsp3) is 0.417. The van der Waals surface area contributed by atoms with Gasteiger partial charge in [-0.2, -0.15) is 0 Å². The molecule has 2 nitrogen and oxygen atoms in total. The second-order valence-corrected chi connectivity index (χ2v) is 7.14. The molecule has 1 aromatic heterocycles. The van der Waals surface area contributed by atoms with Gasteiger partial charge in [0.1, 0.15) is 0 Å². The smallest absolute Gasteiger partial charge is 0.169 e. The van der Waals surface area contributed by atoms with E-state index in [-0.39, 0.29) is 5.54 Å². The van der Waals surface area contributed by atoms with Gasteiger partial charge in [-0.3, -0.25) is 0 Å². The van der Waals surface area contributed by atoms with Crippen LogP contribution in [0.4, 0.5) is 0 Å². The molecule has 0 spiro atoms. The van der Waals surface area contributed by atoms with E-state index >= 15 is 0 Å². The number of rotatable bonds is 0. The zero-order chi connectivity index (χ0) is 11.3. The van der Waals surface area contributed by atoms with Crippen LogP contribution in [-0.2, 0) is 5.54 Å². The van der Waals surface area contributed by atoms with Crippen molar-refractivity contribution in [1.29, 1.82) is 0 Å². The molecule has 84 valence electrons. The molecule has 3 rings (SSSR count). The van der Waals surface area contributed by atoms with Crippen molar-refractivity contribution in [3.63, 3.8) is 0 Å². The highest BCUT2D eigenvalue weighted by atomic mass is 127. The van der Waals surface area contributed by atoms with Gasteiger partial charge < -0.3 is 4.57 Å². The number of hydrogen-bond donors (Lipinski definition) is 0. The normalized spacial score (nSPS) is 23.3. The van der Waals surface area contributed by atoms with Gasteiger partial charge in [-0.05, 0) is 26.0 Å². The zero-order valence-electron chi connectivity index (χ0n) is 9.27. The van der Waals surface area contributed by atoms with Crippen LogP contribution in [0.3, 0.4) is 0 Å². The lowest BCUT2D eigenvalue weighted by atomic mass is 10.0. The molecule has 0 saturated heterocycles. The summed E-state index contributed by atoms with van der Waals surface area (Å²) in [4.78, 5) is 4.71. The molecule has 2 aromatic rings. The van der Waals surface area contributed by atoms with Crippen molar-refractivity contribution in [2.24, 2.45) is 0 Å². The minimum atomic E-state index is 0.150. The number of benzene rings is 1. The number of alkyl halides is 1. The summed E-state index contributed by atoms with van der Waals surface area (Å²) in [6, 6.07) is 8.41. The summed E-state index contributed by atoms with van der Waals surface area (Å²) in [5.41, 5.74) is 2.52. The maximum absolute atomic E-state index is 4.71. The van der Waals surface area contributed by atoms with Gasteiger partial charge in [-0.1, -0.05) is 46.5 Å². The fourth-order valence-corrected chi connectivity index (χ4v) is 4.30. The van der Waals surface area contributed by atoms with E-state index in [0.717, 1.165) is 11.3 Å². The van der Waals surface area contributed by atoms with Gasteiger partial charge in [0.15, 0.2) is 5.16 Å². The highest BCUT2D eigenvalue weighted by molar-refractivity contribution is 14.1. The van der Waals surface area contributed by atoms with Crippen LogP contribution < -0.4 is 0 Å². The first kappa shape index (κ1) is 10.9. The lowest BCUT2D eigenvalue weighted by molar-refractivity contribution is 0.341. The summed E-state index contributed by atoms with van der Waals surface area (Å²) in [5, 5.41) is 1.17. The number of imidazole rings is 1. The quantitative estimate of drug-likeness (QED) is 0.536. The predicted molar refractivity (Wildman–Crippen MR) is 77.6 cm³/mol. The van der Waals surface area contributed by atoms with Crippen molar-refractivity contribution in [1.82, 2.24) is 9.55 Å². The predicted octanol–water partition coefficient (Wildman–Crippen LogP) is 3.68. The molecule has 0 N–H and O–H groups in total. The third-order valence-electron chi connectivity index (χ3n) is 3.23. The van der Waals surface area contributed by atoms with Gasteiger partial charge in [-0.15, -0.1) is 0 Å². The first-order chi connectivity index (χ1) is 7.60. The van der Waals surface area contributed by atoms with E-state index < -0.39 is 0 Å². The second kappa shape index (κ2) is 3.63. The number of para-hydroxylation sites is 2. The fourth-order valence-electron chi connectivity index (χ4n) is 2.15. The van der Waals surface area contributed by atoms with Gasteiger partial charge in [0, 0.05) is 9.68 Å². The van der Waals surface area contributed by atoms with Gasteiger partial charge in [0.25, 0.3) is 0 Å². The Morgan fingerprint density at radius 3 is 3.00 bits per heavy atom. The number of nitrogens with zero attached hydrogens (tertiary/aromatic N) is 2. The maximum Gasteiger partial charge on any atom is 0.169 e. The Morgan fingerprint density at radius 1 is 1.44 bits per heavy atom. The summed E-state index contributed by atoms with van der Waals surface area (Å²) >= 11 is 4.43. The lowest BCUT2D eigenvalue weighted by Gasteiger charge is -2.37. The lowest BCUT2D eigenvalue weighted by Crippen LogP contribution is -2.40. The molecule has 0 fully saturated rings. The van der Waals surface area contributed by atoms with Crippen LogP contribution in [0.25, 0.3) is 11.0 Å². The molecule has 16 heavy (non-hydrogen) atoms. The highest BCUT2D eigenvalue weighted by Crippen LogP contribution is 2.41. The molecule has 2 heterocycles. The molecular formula is C12H13IN2S. The Bertz CT molecular complexity index is 547. The van der Waals surface area contributed by atoms with Crippen molar-refractivity contribution in [3.8, 4) is 0 Å². The van der Waals surface area contributed by atoms with Crippen LogP contribution in [0, 0.1) is 0 Å². The third kappa shape index (κ3) is 1.42. The van der Waals surface area contributed by atoms with E-state index in [1.54, 1.807) is 0 Å². The second-order valence-electron chi connectivity index (χ2n) is 4.65. The zero-order valence-corrected chi connectivity index (χ0v) is 12.2. The Morgan fingerprint density at radius 2 is 2.19 bits per heavy atom. The highest BCUT2D eigenvalue weighted by Gasteiger charge is 2.36. The summed E-state index contributed by atoms with van der Waals surface area (Å²) < 4.78 is 3.04. The molecule has 0 bridgehead atoms. The topological polar surface area (TPSA) is 17.8 Å². The van der Waals surface area contributed by atoms with Gasteiger partial charge in [0.2, 0.25) is 0 Å². The molecule has 4 heteroatoms. The van der Waals surface area contributed by atoms with Gasteiger partial charge >= 0.3 is 0 Å². The van der Waals surface area contributed by atoms with Gasteiger partial charge in [0.05, 0.1) is 16.6 Å². The number of halogens is 1. The molecule has 1 aliphatic heterocycles. The number of hydrogen-bond acceptors (Lipinski definition) is 2. The summed E-state index contributed by atoms with van der Waals surface area (Å²) in [5.74, 6) is 1.15. The van der Waals surface area contributed by atoms with Crippen molar-refractivity contribution in [3.05, 3.63) is 24.3 Å². The van der Waals surface area contributed by atoms with E-state index in [2.05, 4.69) is 65.3 Å². The molecular weight excluding hydrogens is 331 g/mol. The molecule has 0 radical (unpaired) electrons. The summed E-state index contributed by atoms with van der Waals surface area (Å²) in [6.45, 7) is 4.61. The molecule has 0 saturated carbocycles. The molecule has 1 aliphatic rings. The molecule has 0 amide bonds. The molecule has 1 atom stereocenters. The standard InChI is InChI=1S/C12H13IN2S/c1-12(2)10(13)7-16-11-14-8-5-3-4-6-9(8)15(11)12/h3-6,10H,7H2,1-2H3/t10-/m0/s1. The van der Waals surface area contributed by atoms with Crippen LogP contribution in [0.5, 0.6) is 0 Å². The number of fused-ring (bicyclic) bond motifs is 3. The average molecular weight is 344 g/mol. The largest absolute Gasteiger partial charge is 0.312 e. The third-order valence-corrected chi connectivity index (χ3v) is 6.83. The molecule has 0 unspecified atom stereocenters. The number of thioether (sulfide) groups is 1. The van der Waals surface area contributed by atoms with Crippen molar-refractivity contribution >= 4 is 45.4 Å². The van der Waals surface area contributed by atoms with E-state index in [1.165, 1.54) is 10.7 Å². The van der Waals surface area contributed by atoms with Crippen molar-refractivity contribution in [2.75, 3.05) is 5.75 Å². The van der Waals surface area contributed by atoms with Crippen LogP contribution in [0.1, 0.15) is 13.8 Å². The molecule has 0 aliphatic carbocycles. The van der Waals surface area contributed by atoms with E-state index in [0.29, 0.717) is 3.92 Å². The first-order valence-corrected chi connectivity index (χ1v) is 7.58. The Balaban J connectivity index is 2.35. The first-order valence-electron chi connectivity index (χ1n) is 5.35. The monoisotopic (exact) mass is 344 g/mol. The molecule has 1 aromatic carbocycles. The number of aromatic nitrogens is 2. The average Bonchev–Trinajstić information content (AvgIpc) is 2.63. The Hall–Kier alpha value is -0.230. The Kier molecular flexibility index (Phi) is 2.47. The van der Waals surface area contributed by atoms with Crippen LogP contribution in [0.15, 0.2) is 29.4 Å². The Labute approximate surface area is 113 Å². The van der Waals surface area contributed by atoms with Crippen molar-refractivity contribution in [2.45, 2.75) is 28.5 Å². The van der Waals surface area contributed by atoms with Crippen LogP contribution >= 0.6 is 34.4 Å². The van der Waals surface area contributed by atoms with E-state index in [9.17, 15) is 0 Å². The van der Waals surface area contributed by atoms with Crippen LogP contribution in [-0.4, -0.2) is 19.2 Å². The van der Waals surface area contributed by atoms with Crippen LogP contribution in [0.2, 0.25) is 0 Å². The summed E-state index contributed by atoms with van der Waals surface area (Å²) in [7, 11) is 0. The maximum atomic E-state index is 4.71.